The van der Waals surface area contributed by atoms with Gasteiger partial charge in [0.15, 0.2) is 0 Å². The molecule has 0 aromatic heterocycles. The first kappa shape index (κ1) is 24.4. The van der Waals surface area contributed by atoms with E-state index in [-0.39, 0.29) is 23.8 Å². The van der Waals surface area contributed by atoms with Gasteiger partial charge >= 0.3 is 0 Å². The lowest BCUT2D eigenvalue weighted by Crippen LogP contribution is -2.44. The van der Waals surface area contributed by atoms with E-state index in [1.54, 1.807) is 12.1 Å². The normalized spacial score (nSPS) is 18.7. The number of benzene rings is 2. The minimum Gasteiger partial charge on any atom is -0.493 e. The Hall–Kier alpha value is -3.25. The molecule has 3 aliphatic heterocycles. The number of amides is 2. The monoisotopic (exact) mass is 506 g/mol. The molecule has 0 unspecified atom stereocenters. The van der Waals surface area contributed by atoms with Crippen molar-refractivity contribution in [1.29, 1.82) is 0 Å². The van der Waals surface area contributed by atoms with Gasteiger partial charge in [-0.2, -0.15) is 0 Å². The van der Waals surface area contributed by atoms with Crippen LogP contribution in [0.25, 0.3) is 12.2 Å². The van der Waals surface area contributed by atoms with Gasteiger partial charge < -0.3 is 19.3 Å². The molecule has 6 nitrogen and oxygen atoms in total. The molecule has 36 heavy (non-hydrogen) atoms. The van der Waals surface area contributed by atoms with Crippen LogP contribution in [0.4, 0.5) is 0 Å². The summed E-state index contributed by atoms with van der Waals surface area (Å²) in [7, 11) is 0. The number of fused-ring (bicyclic) bond motifs is 1. The lowest BCUT2D eigenvalue weighted by Gasteiger charge is -2.39. The number of piperidine rings is 1. The third-order valence-electron chi connectivity index (χ3n) is 7.45. The summed E-state index contributed by atoms with van der Waals surface area (Å²) in [5, 5.41) is 0.622. The quantitative estimate of drug-likeness (QED) is 0.531. The summed E-state index contributed by atoms with van der Waals surface area (Å²) in [5.41, 5.74) is 2.48. The molecular weight excluding hydrogens is 476 g/mol. The van der Waals surface area contributed by atoms with Crippen LogP contribution >= 0.6 is 11.6 Å². The average Bonchev–Trinajstić information content (AvgIpc) is 3.31. The van der Waals surface area contributed by atoms with E-state index in [0.717, 1.165) is 55.0 Å². The molecule has 3 aliphatic rings. The Balaban J connectivity index is 1.17. The summed E-state index contributed by atoms with van der Waals surface area (Å²) in [6.07, 6.45) is 8.14. The molecule has 1 spiro atoms. The number of ether oxygens (including phenoxy) is 2. The molecule has 0 bridgehead atoms. The number of carbonyl (C=O) groups is 2. The van der Waals surface area contributed by atoms with E-state index in [2.05, 4.69) is 0 Å². The highest BCUT2D eigenvalue weighted by molar-refractivity contribution is 6.30. The number of hydrogen-bond acceptors (Lipinski definition) is 4. The van der Waals surface area contributed by atoms with E-state index in [0.29, 0.717) is 30.3 Å². The summed E-state index contributed by atoms with van der Waals surface area (Å²) < 4.78 is 11.4. The SMILES string of the molecule is CCOc1ccccc1C=CC(=O)N1CCC2(CC1)CCN(C(=O)C1=Cc3cc(Cl)ccc3OC1)C2. The van der Waals surface area contributed by atoms with Gasteiger partial charge in [-0.25, -0.2) is 0 Å². The molecule has 0 radical (unpaired) electrons. The lowest BCUT2D eigenvalue weighted by atomic mass is 9.77. The fourth-order valence-electron chi connectivity index (χ4n) is 5.36. The predicted molar refractivity (Wildman–Crippen MR) is 141 cm³/mol. The van der Waals surface area contributed by atoms with Crippen molar-refractivity contribution in [1.82, 2.24) is 9.80 Å². The maximum Gasteiger partial charge on any atom is 0.253 e. The second kappa shape index (κ2) is 10.4. The zero-order chi connectivity index (χ0) is 25.1. The van der Waals surface area contributed by atoms with Crippen molar-refractivity contribution in [3.63, 3.8) is 0 Å². The first-order valence-corrected chi connectivity index (χ1v) is 13.0. The molecule has 2 aromatic rings. The van der Waals surface area contributed by atoms with E-state index < -0.39 is 0 Å². The van der Waals surface area contributed by atoms with Crippen LogP contribution in [0.15, 0.2) is 54.1 Å². The van der Waals surface area contributed by atoms with Gasteiger partial charge in [-0.05, 0) is 68.0 Å². The van der Waals surface area contributed by atoms with Crippen LogP contribution in [-0.2, 0) is 9.59 Å². The first-order chi connectivity index (χ1) is 17.5. The Morgan fingerprint density at radius 3 is 2.61 bits per heavy atom. The van der Waals surface area contributed by atoms with Gasteiger partial charge in [-0.1, -0.05) is 29.8 Å². The van der Waals surface area contributed by atoms with E-state index in [1.165, 1.54) is 0 Å². The zero-order valence-corrected chi connectivity index (χ0v) is 21.3. The van der Waals surface area contributed by atoms with Crippen molar-refractivity contribution in [2.45, 2.75) is 26.2 Å². The van der Waals surface area contributed by atoms with Gasteiger partial charge in [0.05, 0.1) is 12.2 Å². The highest BCUT2D eigenvalue weighted by Gasteiger charge is 2.43. The lowest BCUT2D eigenvalue weighted by molar-refractivity contribution is -0.129. The second-order valence-corrected chi connectivity index (χ2v) is 10.2. The fraction of sp³-hybridized carbons (Fsp3) is 0.379. The third kappa shape index (κ3) is 5.14. The van der Waals surface area contributed by atoms with Crippen LogP contribution in [0.2, 0.25) is 5.02 Å². The Bertz CT molecular complexity index is 1210. The highest BCUT2D eigenvalue weighted by atomic mass is 35.5. The van der Waals surface area contributed by atoms with E-state index in [4.69, 9.17) is 21.1 Å². The van der Waals surface area contributed by atoms with Crippen LogP contribution in [0.1, 0.15) is 37.3 Å². The first-order valence-electron chi connectivity index (χ1n) is 12.6. The van der Waals surface area contributed by atoms with Gasteiger partial charge in [0, 0.05) is 48.4 Å². The van der Waals surface area contributed by atoms with Crippen LogP contribution < -0.4 is 9.47 Å². The molecule has 2 aromatic carbocycles. The molecule has 5 rings (SSSR count). The number of carbonyl (C=O) groups excluding carboxylic acids is 2. The van der Waals surface area contributed by atoms with Crippen molar-refractivity contribution >= 4 is 35.6 Å². The predicted octanol–water partition coefficient (Wildman–Crippen LogP) is 5.07. The third-order valence-corrected chi connectivity index (χ3v) is 7.68. The van der Waals surface area contributed by atoms with Crippen LogP contribution in [0.5, 0.6) is 11.5 Å². The molecule has 0 saturated carbocycles. The molecular formula is C29H31ClN2O4. The van der Waals surface area contributed by atoms with Gasteiger partial charge in [0.2, 0.25) is 5.91 Å². The minimum absolute atomic E-state index is 0.0175. The Morgan fingerprint density at radius 1 is 1.08 bits per heavy atom. The largest absolute Gasteiger partial charge is 0.493 e. The standard InChI is InChI=1S/C29H31ClN2O4/c1-2-35-25-6-4-3-5-21(25)7-10-27(33)31-14-11-29(12-15-31)13-16-32(20-29)28(34)23-17-22-18-24(30)8-9-26(22)36-19-23/h3-10,17-18H,2,11-16,19-20H2,1H3. The molecule has 2 fully saturated rings. The molecule has 2 saturated heterocycles. The number of nitrogens with zero attached hydrogens (tertiary/aromatic N) is 2. The van der Waals surface area contributed by atoms with Crippen LogP contribution in [0.3, 0.4) is 0 Å². The van der Waals surface area contributed by atoms with Crippen molar-refractivity contribution < 1.29 is 19.1 Å². The Kier molecular flexibility index (Phi) is 7.06. The average molecular weight is 507 g/mol. The fourth-order valence-corrected chi connectivity index (χ4v) is 5.55. The Labute approximate surface area is 217 Å². The summed E-state index contributed by atoms with van der Waals surface area (Å²) in [6.45, 7) is 5.68. The van der Waals surface area contributed by atoms with Crippen molar-refractivity contribution in [2.75, 3.05) is 39.4 Å². The molecule has 0 aliphatic carbocycles. The number of hydrogen-bond donors (Lipinski definition) is 0. The number of rotatable bonds is 5. The van der Waals surface area contributed by atoms with Crippen LogP contribution in [0, 0.1) is 5.41 Å². The molecule has 0 atom stereocenters. The summed E-state index contributed by atoms with van der Waals surface area (Å²) >= 11 is 6.12. The van der Waals surface area contributed by atoms with Gasteiger partial charge in [-0.3, -0.25) is 9.59 Å². The zero-order valence-electron chi connectivity index (χ0n) is 20.5. The summed E-state index contributed by atoms with van der Waals surface area (Å²) in [4.78, 5) is 30.0. The van der Waals surface area contributed by atoms with E-state index >= 15 is 0 Å². The minimum atomic E-state index is 0.0175. The molecule has 3 heterocycles. The van der Waals surface area contributed by atoms with Crippen LogP contribution in [-0.4, -0.2) is 61.0 Å². The van der Waals surface area contributed by atoms with Gasteiger partial charge in [0.1, 0.15) is 18.1 Å². The van der Waals surface area contributed by atoms with Gasteiger partial charge in [0.25, 0.3) is 5.91 Å². The summed E-state index contributed by atoms with van der Waals surface area (Å²) in [5.74, 6) is 1.58. The van der Waals surface area contributed by atoms with E-state index in [9.17, 15) is 9.59 Å². The van der Waals surface area contributed by atoms with Crippen molar-refractivity contribution in [3.05, 3.63) is 70.3 Å². The highest BCUT2D eigenvalue weighted by Crippen LogP contribution is 2.41. The number of halogens is 1. The summed E-state index contributed by atoms with van der Waals surface area (Å²) in [6, 6.07) is 13.2. The maximum absolute atomic E-state index is 13.2. The van der Waals surface area contributed by atoms with Gasteiger partial charge in [-0.15, -0.1) is 0 Å². The Morgan fingerprint density at radius 2 is 1.83 bits per heavy atom. The molecule has 0 N–H and O–H groups in total. The number of likely N-dealkylation sites (tertiary alicyclic amines) is 2. The topological polar surface area (TPSA) is 59.1 Å². The molecule has 188 valence electrons. The molecule has 7 heteroatoms. The van der Waals surface area contributed by atoms with E-state index in [1.807, 2.05) is 65.3 Å². The van der Waals surface area contributed by atoms with Crippen molar-refractivity contribution in [2.24, 2.45) is 5.41 Å². The number of para-hydroxylation sites is 1. The smallest absolute Gasteiger partial charge is 0.253 e. The second-order valence-electron chi connectivity index (χ2n) is 9.75. The van der Waals surface area contributed by atoms with Crippen molar-refractivity contribution in [3.8, 4) is 11.5 Å². The maximum atomic E-state index is 13.2. The molecule has 2 amide bonds.